The molecule has 3 heterocycles. The summed E-state index contributed by atoms with van der Waals surface area (Å²) < 4.78 is 0.571. The lowest BCUT2D eigenvalue weighted by Gasteiger charge is -2.38. The molecular formula is C15H17BrN2O3. The number of pyridine rings is 1. The molecule has 1 N–H and O–H groups in total. The van der Waals surface area contributed by atoms with E-state index >= 15 is 0 Å². The van der Waals surface area contributed by atoms with Crippen molar-refractivity contribution in [2.45, 2.75) is 44.2 Å². The maximum atomic E-state index is 12.7. The van der Waals surface area contributed by atoms with Crippen LogP contribution in [0.3, 0.4) is 0 Å². The van der Waals surface area contributed by atoms with Gasteiger partial charge in [-0.15, -0.1) is 0 Å². The minimum absolute atomic E-state index is 0.0104. The summed E-state index contributed by atoms with van der Waals surface area (Å²) in [4.78, 5) is 29.7. The van der Waals surface area contributed by atoms with Gasteiger partial charge in [0.2, 0.25) is 0 Å². The van der Waals surface area contributed by atoms with Crippen molar-refractivity contribution in [3.8, 4) is 0 Å². The third-order valence-electron chi connectivity index (χ3n) is 4.52. The zero-order chi connectivity index (χ0) is 15.0. The number of halogens is 1. The number of amides is 1. The smallest absolute Gasteiger partial charge is 0.303 e. The molecule has 1 aromatic heterocycles. The lowest BCUT2D eigenvalue weighted by Crippen LogP contribution is -2.47. The number of aliphatic carboxylic acids is 1. The number of carboxylic acids is 1. The van der Waals surface area contributed by atoms with E-state index in [1.165, 1.54) is 0 Å². The van der Waals surface area contributed by atoms with Crippen LogP contribution >= 0.6 is 15.9 Å². The summed E-state index contributed by atoms with van der Waals surface area (Å²) in [6.07, 6.45) is 5.41. The number of fused-ring (bicyclic) bond motifs is 2. The Morgan fingerprint density at radius 3 is 2.57 bits per heavy atom. The number of carbonyl (C=O) groups is 2. The molecular weight excluding hydrogens is 336 g/mol. The van der Waals surface area contributed by atoms with Crippen LogP contribution in [0.4, 0.5) is 0 Å². The van der Waals surface area contributed by atoms with Crippen LogP contribution in [0.25, 0.3) is 0 Å². The molecule has 2 fully saturated rings. The van der Waals surface area contributed by atoms with Crippen LogP contribution in [-0.4, -0.2) is 39.0 Å². The van der Waals surface area contributed by atoms with Crippen LogP contribution in [0.5, 0.6) is 0 Å². The number of piperidine rings is 1. The quantitative estimate of drug-likeness (QED) is 0.849. The number of rotatable bonds is 3. The van der Waals surface area contributed by atoms with E-state index in [1.54, 1.807) is 18.3 Å². The van der Waals surface area contributed by atoms with Crippen molar-refractivity contribution in [1.29, 1.82) is 0 Å². The highest BCUT2D eigenvalue weighted by Gasteiger charge is 2.44. The van der Waals surface area contributed by atoms with E-state index in [0.717, 1.165) is 25.7 Å². The summed E-state index contributed by atoms with van der Waals surface area (Å²) >= 11 is 3.33. The minimum Gasteiger partial charge on any atom is -0.481 e. The first-order valence-electron chi connectivity index (χ1n) is 7.21. The summed E-state index contributed by atoms with van der Waals surface area (Å²) in [7, 11) is 0. The lowest BCUT2D eigenvalue weighted by molar-refractivity contribution is -0.138. The first-order valence-corrected chi connectivity index (χ1v) is 8.00. The SMILES string of the molecule is O=C(O)CC1CC2CCC(C1)N2C(=O)c1cccnc1Br. The van der Waals surface area contributed by atoms with Gasteiger partial charge in [-0.2, -0.15) is 0 Å². The molecule has 112 valence electrons. The van der Waals surface area contributed by atoms with Gasteiger partial charge in [0.25, 0.3) is 5.91 Å². The molecule has 2 bridgehead atoms. The van der Waals surface area contributed by atoms with Gasteiger partial charge in [-0.3, -0.25) is 9.59 Å². The highest BCUT2D eigenvalue weighted by Crippen LogP contribution is 2.41. The Labute approximate surface area is 131 Å². The first kappa shape index (κ1) is 14.5. The van der Waals surface area contributed by atoms with Crippen molar-refractivity contribution in [3.05, 3.63) is 28.5 Å². The van der Waals surface area contributed by atoms with Gasteiger partial charge in [0.1, 0.15) is 4.60 Å². The zero-order valence-corrected chi connectivity index (χ0v) is 13.1. The van der Waals surface area contributed by atoms with E-state index in [9.17, 15) is 9.59 Å². The predicted molar refractivity (Wildman–Crippen MR) is 79.9 cm³/mol. The van der Waals surface area contributed by atoms with Crippen molar-refractivity contribution in [2.75, 3.05) is 0 Å². The van der Waals surface area contributed by atoms with Crippen molar-refractivity contribution in [1.82, 2.24) is 9.88 Å². The van der Waals surface area contributed by atoms with Gasteiger partial charge in [-0.05, 0) is 59.7 Å². The van der Waals surface area contributed by atoms with Gasteiger partial charge < -0.3 is 10.0 Å². The fourth-order valence-corrected chi connectivity index (χ4v) is 4.14. The number of hydrogen-bond donors (Lipinski definition) is 1. The Morgan fingerprint density at radius 2 is 2.00 bits per heavy atom. The summed E-state index contributed by atoms with van der Waals surface area (Å²) in [6.45, 7) is 0. The second kappa shape index (κ2) is 5.75. The highest BCUT2D eigenvalue weighted by atomic mass is 79.9. The van der Waals surface area contributed by atoms with Gasteiger partial charge in [0.15, 0.2) is 0 Å². The van der Waals surface area contributed by atoms with Gasteiger partial charge in [-0.1, -0.05) is 0 Å². The largest absolute Gasteiger partial charge is 0.481 e. The number of nitrogens with zero attached hydrogens (tertiary/aromatic N) is 2. The molecule has 1 aromatic rings. The average Bonchev–Trinajstić information content (AvgIpc) is 2.69. The summed E-state index contributed by atoms with van der Waals surface area (Å²) in [5, 5.41) is 8.95. The van der Waals surface area contributed by atoms with Crippen LogP contribution in [0, 0.1) is 5.92 Å². The van der Waals surface area contributed by atoms with Gasteiger partial charge in [0, 0.05) is 24.7 Å². The molecule has 2 atom stereocenters. The summed E-state index contributed by atoms with van der Waals surface area (Å²) in [5.74, 6) is -0.535. The molecule has 2 aliphatic rings. The predicted octanol–water partition coefficient (Wildman–Crippen LogP) is 2.70. The molecule has 0 aliphatic carbocycles. The lowest BCUT2D eigenvalue weighted by atomic mass is 9.88. The molecule has 0 radical (unpaired) electrons. The molecule has 2 unspecified atom stereocenters. The van der Waals surface area contributed by atoms with Crippen LogP contribution < -0.4 is 0 Å². The molecule has 0 saturated carbocycles. The van der Waals surface area contributed by atoms with Gasteiger partial charge >= 0.3 is 5.97 Å². The Morgan fingerprint density at radius 1 is 1.33 bits per heavy atom. The van der Waals surface area contributed by atoms with Gasteiger partial charge in [0.05, 0.1) is 5.56 Å². The molecule has 0 aromatic carbocycles. The van der Waals surface area contributed by atoms with E-state index in [0.29, 0.717) is 10.2 Å². The van der Waals surface area contributed by atoms with Gasteiger partial charge in [-0.25, -0.2) is 4.98 Å². The molecule has 6 heteroatoms. The molecule has 0 spiro atoms. The van der Waals surface area contributed by atoms with Crippen LogP contribution in [-0.2, 0) is 4.79 Å². The minimum atomic E-state index is -0.741. The Kier molecular flexibility index (Phi) is 3.97. The van der Waals surface area contributed by atoms with Crippen molar-refractivity contribution in [2.24, 2.45) is 5.92 Å². The molecule has 2 aliphatic heterocycles. The summed E-state index contributed by atoms with van der Waals surface area (Å²) in [6, 6.07) is 3.89. The summed E-state index contributed by atoms with van der Waals surface area (Å²) in [5.41, 5.74) is 0.589. The third-order valence-corrected chi connectivity index (χ3v) is 5.15. The maximum absolute atomic E-state index is 12.7. The molecule has 3 rings (SSSR count). The van der Waals surface area contributed by atoms with Crippen molar-refractivity contribution >= 4 is 27.8 Å². The standard InChI is InChI=1S/C15H17BrN2O3/c16-14-12(2-1-5-17-14)15(21)18-10-3-4-11(18)7-9(6-10)8-13(19)20/h1-2,5,9-11H,3-4,6-8H2,(H,19,20). The van der Waals surface area contributed by atoms with E-state index in [1.807, 2.05) is 4.90 Å². The second-order valence-corrected chi connectivity index (χ2v) is 6.63. The number of carbonyl (C=O) groups excluding carboxylic acids is 1. The van der Waals surface area contributed by atoms with Crippen molar-refractivity contribution in [3.63, 3.8) is 0 Å². The Hall–Kier alpha value is -1.43. The molecule has 21 heavy (non-hydrogen) atoms. The fourth-order valence-electron chi connectivity index (χ4n) is 3.72. The number of hydrogen-bond acceptors (Lipinski definition) is 3. The van der Waals surface area contributed by atoms with E-state index in [4.69, 9.17) is 5.11 Å². The number of carboxylic acid groups (broad SMARTS) is 1. The third kappa shape index (κ3) is 2.81. The van der Waals surface area contributed by atoms with E-state index in [2.05, 4.69) is 20.9 Å². The Bertz CT molecular complexity index is 564. The molecule has 2 saturated heterocycles. The first-order chi connectivity index (χ1) is 10.1. The normalized spacial score (nSPS) is 27.7. The van der Waals surface area contributed by atoms with E-state index in [-0.39, 0.29) is 30.3 Å². The highest BCUT2D eigenvalue weighted by molar-refractivity contribution is 9.10. The monoisotopic (exact) mass is 352 g/mol. The fraction of sp³-hybridized carbons (Fsp3) is 0.533. The van der Waals surface area contributed by atoms with Crippen LogP contribution in [0.15, 0.2) is 22.9 Å². The zero-order valence-electron chi connectivity index (χ0n) is 11.5. The Balaban J connectivity index is 1.78. The van der Waals surface area contributed by atoms with Crippen molar-refractivity contribution < 1.29 is 14.7 Å². The topological polar surface area (TPSA) is 70.5 Å². The molecule has 5 nitrogen and oxygen atoms in total. The van der Waals surface area contributed by atoms with Crippen LogP contribution in [0.1, 0.15) is 42.5 Å². The van der Waals surface area contributed by atoms with E-state index < -0.39 is 5.97 Å². The van der Waals surface area contributed by atoms with Crippen LogP contribution in [0.2, 0.25) is 0 Å². The average molecular weight is 353 g/mol. The number of aromatic nitrogens is 1. The second-order valence-electron chi connectivity index (χ2n) is 5.87. The maximum Gasteiger partial charge on any atom is 0.303 e. The molecule has 1 amide bonds.